The van der Waals surface area contributed by atoms with Crippen molar-refractivity contribution >= 4 is 22.6 Å². The Kier molecular flexibility index (Phi) is 2.80. The Labute approximate surface area is 113 Å². The highest BCUT2D eigenvalue weighted by atomic mass is 127. The average Bonchev–Trinajstić information content (AvgIpc) is 2.86. The maximum absolute atomic E-state index is 4.06. The minimum Gasteiger partial charge on any atom is -0.358 e. The Bertz CT molecular complexity index is 600. The molecule has 0 saturated carbocycles. The van der Waals surface area contributed by atoms with Crippen LogP contribution in [0.5, 0.6) is 0 Å². The number of nitrogens with one attached hydrogen (secondary N) is 1. The lowest BCUT2D eigenvalue weighted by atomic mass is 10.0. The number of hydrogen-bond acceptors (Lipinski definition) is 2. The van der Waals surface area contributed by atoms with Gasteiger partial charge in [-0.1, -0.05) is 46.9 Å². The van der Waals surface area contributed by atoms with Gasteiger partial charge in [0.2, 0.25) is 0 Å². The van der Waals surface area contributed by atoms with E-state index in [0.717, 1.165) is 21.4 Å². The van der Waals surface area contributed by atoms with Gasteiger partial charge in [-0.2, -0.15) is 5.10 Å². The van der Waals surface area contributed by atoms with Gasteiger partial charge >= 0.3 is 0 Å². The highest BCUT2D eigenvalue weighted by Gasteiger charge is 2.07. The van der Waals surface area contributed by atoms with E-state index in [1.807, 2.05) is 6.20 Å². The first-order valence-corrected chi connectivity index (χ1v) is 6.84. The van der Waals surface area contributed by atoms with Crippen LogP contribution in [0.2, 0.25) is 0 Å². The van der Waals surface area contributed by atoms with Gasteiger partial charge in [0.05, 0.1) is 11.9 Å². The van der Waals surface area contributed by atoms with E-state index in [0.29, 0.717) is 0 Å². The fourth-order valence-electron chi connectivity index (χ4n) is 1.78. The molecule has 84 valence electrons. The summed E-state index contributed by atoms with van der Waals surface area (Å²) >= 11 is 2.37. The Morgan fingerprint density at radius 3 is 2.71 bits per heavy atom. The SMILES string of the molecule is ICc1ccc(-c2c[nH]c3cnnc-3c2)cc1. The van der Waals surface area contributed by atoms with Crippen LogP contribution in [0.15, 0.2) is 42.7 Å². The van der Waals surface area contributed by atoms with E-state index in [1.54, 1.807) is 6.20 Å². The first-order valence-electron chi connectivity index (χ1n) is 5.32. The minimum atomic E-state index is 0.903. The molecule has 0 saturated heterocycles. The highest BCUT2D eigenvalue weighted by Crippen LogP contribution is 2.25. The third-order valence-corrected chi connectivity index (χ3v) is 3.63. The Balaban J connectivity index is 2.05. The first kappa shape index (κ1) is 10.7. The molecular formula is C13H10IN3. The standard InChI is InChI=1S/C13H10IN3/c14-6-9-1-3-10(4-2-9)11-5-12-13(15-7-11)8-16-17-12/h1-5,7-8,15H,6H2. The molecule has 1 aromatic carbocycles. The van der Waals surface area contributed by atoms with Crippen molar-refractivity contribution in [3.05, 3.63) is 48.3 Å². The third-order valence-electron chi connectivity index (χ3n) is 2.75. The molecule has 2 heterocycles. The number of pyridine rings is 1. The van der Waals surface area contributed by atoms with Crippen molar-refractivity contribution in [2.75, 3.05) is 0 Å². The molecule has 0 aromatic heterocycles. The number of hydrogen-bond donors (Lipinski definition) is 1. The third kappa shape index (κ3) is 2.04. The minimum absolute atomic E-state index is 0.903. The van der Waals surface area contributed by atoms with Gasteiger partial charge in [0.1, 0.15) is 5.69 Å². The highest BCUT2D eigenvalue weighted by molar-refractivity contribution is 14.1. The van der Waals surface area contributed by atoms with Crippen LogP contribution < -0.4 is 0 Å². The molecule has 0 aliphatic carbocycles. The maximum atomic E-state index is 4.06. The molecular weight excluding hydrogens is 325 g/mol. The van der Waals surface area contributed by atoms with Gasteiger partial charge in [-0.25, -0.2) is 0 Å². The van der Waals surface area contributed by atoms with E-state index in [4.69, 9.17) is 0 Å². The molecule has 0 amide bonds. The molecule has 0 bridgehead atoms. The van der Waals surface area contributed by atoms with Crippen molar-refractivity contribution in [1.29, 1.82) is 0 Å². The van der Waals surface area contributed by atoms with Crippen LogP contribution in [-0.2, 0) is 4.43 Å². The summed E-state index contributed by atoms with van der Waals surface area (Å²) in [6.07, 6.45) is 3.73. The van der Waals surface area contributed by atoms with Crippen molar-refractivity contribution in [3.8, 4) is 22.5 Å². The van der Waals surface area contributed by atoms with Crippen LogP contribution in [0.1, 0.15) is 5.56 Å². The van der Waals surface area contributed by atoms with E-state index in [1.165, 1.54) is 11.1 Å². The monoisotopic (exact) mass is 335 g/mol. The molecule has 3 rings (SSSR count). The summed E-state index contributed by atoms with van der Waals surface area (Å²) in [7, 11) is 0. The van der Waals surface area contributed by atoms with E-state index in [-0.39, 0.29) is 0 Å². The molecule has 0 radical (unpaired) electrons. The van der Waals surface area contributed by atoms with Crippen LogP contribution in [-0.4, -0.2) is 15.2 Å². The molecule has 3 nitrogen and oxygen atoms in total. The van der Waals surface area contributed by atoms with Crippen LogP contribution in [0, 0.1) is 0 Å². The maximum Gasteiger partial charge on any atom is 0.111 e. The normalized spacial score (nSPS) is 10.9. The lowest BCUT2D eigenvalue weighted by Gasteiger charge is -2.04. The summed E-state index contributed by atoms with van der Waals surface area (Å²) in [4.78, 5) is 3.20. The molecule has 1 aromatic rings. The summed E-state index contributed by atoms with van der Waals surface area (Å²) in [5, 5.41) is 7.94. The number of aromatic amines is 1. The van der Waals surface area contributed by atoms with Gasteiger partial charge in [0.25, 0.3) is 0 Å². The second kappa shape index (κ2) is 4.44. The quantitative estimate of drug-likeness (QED) is 0.575. The number of fused-ring (bicyclic) bond motifs is 1. The number of benzene rings is 1. The Hall–Kier alpha value is -1.43. The fraction of sp³-hybridized carbons (Fsp3) is 0.0769. The van der Waals surface area contributed by atoms with Crippen molar-refractivity contribution in [1.82, 2.24) is 15.2 Å². The summed E-state index contributed by atoms with van der Waals surface area (Å²) in [5.41, 5.74) is 5.54. The lowest BCUT2D eigenvalue weighted by Crippen LogP contribution is -1.86. The number of aromatic nitrogens is 3. The second-order valence-corrected chi connectivity index (χ2v) is 4.63. The smallest absolute Gasteiger partial charge is 0.111 e. The molecule has 2 aliphatic rings. The van der Waals surface area contributed by atoms with E-state index in [2.05, 4.69) is 68.1 Å². The van der Waals surface area contributed by atoms with Crippen molar-refractivity contribution in [3.63, 3.8) is 0 Å². The lowest BCUT2D eigenvalue weighted by molar-refractivity contribution is 1.10. The number of nitrogens with zero attached hydrogens (tertiary/aromatic N) is 2. The summed E-state index contributed by atoms with van der Waals surface area (Å²) in [5.74, 6) is 0. The molecule has 0 spiro atoms. The van der Waals surface area contributed by atoms with Crippen molar-refractivity contribution in [2.45, 2.75) is 4.43 Å². The molecule has 0 atom stereocenters. The molecule has 17 heavy (non-hydrogen) atoms. The Morgan fingerprint density at radius 2 is 1.94 bits per heavy atom. The summed E-state index contributed by atoms with van der Waals surface area (Å²) in [6, 6.07) is 10.6. The predicted molar refractivity (Wildman–Crippen MR) is 76.2 cm³/mol. The van der Waals surface area contributed by atoms with Crippen LogP contribution in [0.3, 0.4) is 0 Å². The number of rotatable bonds is 2. The zero-order valence-electron chi connectivity index (χ0n) is 9.02. The second-order valence-electron chi connectivity index (χ2n) is 3.86. The molecule has 1 N–H and O–H groups in total. The summed E-state index contributed by atoms with van der Waals surface area (Å²) in [6.45, 7) is 0. The van der Waals surface area contributed by atoms with Gasteiger partial charge in [-0.3, -0.25) is 0 Å². The average molecular weight is 335 g/mol. The van der Waals surface area contributed by atoms with E-state index in [9.17, 15) is 0 Å². The fourth-order valence-corrected chi connectivity index (χ4v) is 2.29. The largest absolute Gasteiger partial charge is 0.358 e. The molecule has 4 heteroatoms. The van der Waals surface area contributed by atoms with Crippen molar-refractivity contribution in [2.24, 2.45) is 0 Å². The number of alkyl halides is 1. The van der Waals surface area contributed by atoms with Gasteiger partial charge in [0.15, 0.2) is 0 Å². The van der Waals surface area contributed by atoms with Crippen molar-refractivity contribution < 1.29 is 0 Å². The van der Waals surface area contributed by atoms with Crippen LogP contribution >= 0.6 is 22.6 Å². The van der Waals surface area contributed by atoms with Gasteiger partial charge < -0.3 is 4.98 Å². The zero-order valence-corrected chi connectivity index (χ0v) is 11.2. The van der Waals surface area contributed by atoms with Crippen LogP contribution in [0.4, 0.5) is 0 Å². The van der Waals surface area contributed by atoms with E-state index < -0.39 is 0 Å². The Morgan fingerprint density at radius 1 is 1.12 bits per heavy atom. The van der Waals surface area contributed by atoms with Gasteiger partial charge in [-0.05, 0) is 22.8 Å². The summed E-state index contributed by atoms with van der Waals surface area (Å²) < 4.78 is 1.04. The van der Waals surface area contributed by atoms with E-state index >= 15 is 0 Å². The zero-order chi connectivity index (χ0) is 11.7. The molecule has 2 aliphatic heterocycles. The first-order chi connectivity index (χ1) is 8.36. The van der Waals surface area contributed by atoms with Crippen LogP contribution in [0.25, 0.3) is 22.5 Å². The topological polar surface area (TPSA) is 41.6 Å². The number of halogens is 1. The molecule has 0 unspecified atom stereocenters. The predicted octanol–water partition coefficient (Wildman–Crippen LogP) is 3.51. The molecule has 0 fully saturated rings. The van der Waals surface area contributed by atoms with Gasteiger partial charge in [-0.15, -0.1) is 5.10 Å². The van der Waals surface area contributed by atoms with Gasteiger partial charge in [0, 0.05) is 10.6 Å². The number of H-pyrrole nitrogens is 1.